The summed E-state index contributed by atoms with van der Waals surface area (Å²) in [6, 6.07) is 8.28. The van der Waals surface area contributed by atoms with Crippen LogP contribution in [0.3, 0.4) is 0 Å². The van der Waals surface area contributed by atoms with E-state index in [-0.39, 0.29) is 5.91 Å². The molecule has 2 aliphatic heterocycles. The van der Waals surface area contributed by atoms with Crippen LogP contribution in [-0.4, -0.2) is 61.5 Å². The van der Waals surface area contributed by atoms with Crippen molar-refractivity contribution in [3.63, 3.8) is 0 Å². The lowest BCUT2D eigenvalue weighted by Crippen LogP contribution is -2.47. The summed E-state index contributed by atoms with van der Waals surface area (Å²) >= 11 is 0. The Morgan fingerprint density at radius 3 is 2.52 bits per heavy atom. The van der Waals surface area contributed by atoms with Crippen LogP contribution in [0, 0.1) is 0 Å². The summed E-state index contributed by atoms with van der Waals surface area (Å²) in [5.74, 6) is 0.276. The van der Waals surface area contributed by atoms with Crippen LogP contribution < -0.4 is 4.90 Å². The first-order chi connectivity index (χ1) is 10.3. The number of anilines is 1. The second-order valence-electron chi connectivity index (χ2n) is 5.95. The standard InChI is InChI=1S/C17H25N3O/c1-2-18-11-13-19(14-12-18)9-8-17(21)20-10-7-15-5-3-4-6-16(15)20/h3-6H,2,7-14H2,1H3. The van der Waals surface area contributed by atoms with Gasteiger partial charge in [0.2, 0.25) is 5.91 Å². The third kappa shape index (κ3) is 3.27. The summed E-state index contributed by atoms with van der Waals surface area (Å²) < 4.78 is 0. The van der Waals surface area contributed by atoms with Crippen molar-refractivity contribution in [2.45, 2.75) is 19.8 Å². The Kier molecular flexibility index (Phi) is 4.56. The maximum absolute atomic E-state index is 12.5. The van der Waals surface area contributed by atoms with Crippen molar-refractivity contribution in [2.75, 3.05) is 50.7 Å². The number of nitrogens with zero attached hydrogens (tertiary/aromatic N) is 3. The predicted octanol–water partition coefficient (Wildman–Crippen LogP) is 1.60. The van der Waals surface area contributed by atoms with Crippen LogP contribution in [0.25, 0.3) is 0 Å². The highest BCUT2D eigenvalue weighted by molar-refractivity contribution is 5.95. The molecule has 0 aromatic heterocycles. The summed E-state index contributed by atoms with van der Waals surface area (Å²) in [5.41, 5.74) is 2.43. The topological polar surface area (TPSA) is 26.8 Å². The predicted molar refractivity (Wildman–Crippen MR) is 85.7 cm³/mol. The fourth-order valence-corrected chi connectivity index (χ4v) is 3.32. The molecule has 21 heavy (non-hydrogen) atoms. The summed E-state index contributed by atoms with van der Waals surface area (Å²) in [4.78, 5) is 19.3. The van der Waals surface area contributed by atoms with E-state index in [0.29, 0.717) is 6.42 Å². The minimum absolute atomic E-state index is 0.276. The summed E-state index contributed by atoms with van der Waals surface area (Å²) in [6.45, 7) is 9.56. The highest BCUT2D eigenvalue weighted by Gasteiger charge is 2.24. The van der Waals surface area contributed by atoms with Gasteiger partial charge in [0.1, 0.15) is 0 Å². The van der Waals surface area contributed by atoms with Crippen LogP contribution in [0.5, 0.6) is 0 Å². The first-order valence-electron chi connectivity index (χ1n) is 8.11. The van der Waals surface area contributed by atoms with E-state index in [1.807, 2.05) is 11.0 Å². The SMILES string of the molecule is CCN1CCN(CCC(=O)N2CCc3ccccc32)CC1. The Bertz CT molecular complexity index is 495. The Hall–Kier alpha value is -1.39. The molecule has 1 amide bonds. The van der Waals surface area contributed by atoms with Crippen molar-refractivity contribution in [1.29, 1.82) is 0 Å². The molecule has 114 valence electrons. The minimum atomic E-state index is 0.276. The molecule has 1 aromatic rings. The van der Waals surface area contributed by atoms with E-state index < -0.39 is 0 Å². The number of carbonyl (C=O) groups excluding carboxylic acids is 1. The summed E-state index contributed by atoms with van der Waals surface area (Å²) in [7, 11) is 0. The van der Waals surface area contributed by atoms with Gasteiger partial charge in [0, 0.05) is 51.4 Å². The Labute approximate surface area is 127 Å². The number of rotatable bonds is 4. The van der Waals surface area contributed by atoms with Crippen LogP contribution in [0.1, 0.15) is 18.9 Å². The van der Waals surface area contributed by atoms with Gasteiger partial charge in [0.15, 0.2) is 0 Å². The van der Waals surface area contributed by atoms with E-state index in [1.54, 1.807) is 0 Å². The van der Waals surface area contributed by atoms with E-state index in [9.17, 15) is 4.79 Å². The van der Waals surface area contributed by atoms with Gasteiger partial charge in [-0.15, -0.1) is 0 Å². The highest BCUT2D eigenvalue weighted by Crippen LogP contribution is 2.27. The van der Waals surface area contributed by atoms with Gasteiger partial charge in [-0.1, -0.05) is 25.1 Å². The molecule has 0 radical (unpaired) electrons. The first-order valence-corrected chi connectivity index (χ1v) is 8.11. The van der Waals surface area contributed by atoms with Gasteiger partial charge in [-0.05, 0) is 24.6 Å². The second kappa shape index (κ2) is 6.58. The van der Waals surface area contributed by atoms with E-state index in [0.717, 1.165) is 57.9 Å². The van der Waals surface area contributed by atoms with Crippen LogP contribution >= 0.6 is 0 Å². The largest absolute Gasteiger partial charge is 0.312 e. The molecule has 2 aliphatic rings. The van der Waals surface area contributed by atoms with Gasteiger partial charge in [-0.2, -0.15) is 0 Å². The smallest absolute Gasteiger partial charge is 0.228 e. The number of hydrogen-bond acceptors (Lipinski definition) is 3. The normalized spacial score (nSPS) is 19.8. The molecule has 1 aromatic carbocycles. The molecule has 1 fully saturated rings. The van der Waals surface area contributed by atoms with Crippen LogP contribution in [0.2, 0.25) is 0 Å². The molecular formula is C17H25N3O. The lowest BCUT2D eigenvalue weighted by Gasteiger charge is -2.34. The zero-order valence-electron chi connectivity index (χ0n) is 12.9. The molecule has 4 nitrogen and oxygen atoms in total. The molecule has 2 heterocycles. The third-order valence-corrected chi connectivity index (χ3v) is 4.74. The number of benzene rings is 1. The molecule has 0 aliphatic carbocycles. The maximum Gasteiger partial charge on any atom is 0.228 e. The van der Waals surface area contributed by atoms with Gasteiger partial charge in [0.05, 0.1) is 0 Å². The molecule has 3 rings (SSSR count). The molecule has 0 saturated carbocycles. The van der Waals surface area contributed by atoms with E-state index in [2.05, 4.69) is 34.9 Å². The molecule has 0 spiro atoms. The third-order valence-electron chi connectivity index (χ3n) is 4.74. The van der Waals surface area contributed by atoms with Crippen molar-refractivity contribution in [3.8, 4) is 0 Å². The van der Waals surface area contributed by atoms with E-state index in [4.69, 9.17) is 0 Å². The average Bonchev–Trinajstić information content (AvgIpc) is 2.97. The molecular weight excluding hydrogens is 262 g/mol. The monoisotopic (exact) mass is 287 g/mol. The Morgan fingerprint density at radius 2 is 1.76 bits per heavy atom. The number of hydrogen-bond donors (Lipinski definition) is 0. The van der Waals surface area contributed by atoms with Gasteiger partial charge in [0.25, 0.3) is 0 Å². The number of piperazine rings is 1. The Morgan fingerprint density at radius 1 is 1.05 bits per heavy atom. The number of para-hydroxylation sites is 1. The van der Waals surface area contributed by atoms with Gasteiger partial charge in [-0.3, -0.25) is 4.79 Å². The molecule has 0 bridgehead atoms. The fourth-order valence-electron chi connectivity index (χ4n) is 3.32. The van der Waals surface area contributed by atoms with Gasteiger partial charge < -0.3 is 14.7 Å². The van der Waals surface area contributed by atoms with Gasteiger partial charge >= 0.3 is 0 Å². The number of likely N-dealkylation sites (N-methyl/N-ethyl adjacent to an activating group) is 1. The van der Waals surface area contributed by atoms with Crippen LogP contribution in [-0.2, 0) is 11.2 Å². The minimum Gasteiger partial charge on any atom is -0.312 e. The van der Waals surface area contributed by atoms with Crippen LogP contribution in [0.4, 0.5) is 5.69 Å². The lowest BCUT2D eigenvalue weighted by molar-refractivity contribution is -0.118. The van der Waals surface area contributed by atoms with Crippen molar-refractivity contribution in [2.24, 2.45) is 0 Å². The summed E-state index contributed by atoms with van der Waals surface area (Å²) in [6.07, 6.45) is 1.64. The van der Waals surface area contributed by atoms with E-state index >= 15 is 0 Å². The molecule has 0 atom stereocenters. The molecule has 0 N–H and O–H groups in total. The van der Waals surface area contributed by atoms with Gasteiger partial charge in [-0.25, -0.2) is 0 Å². The quantitative estimate of drug-likeness (QED) is 0.841. The lowest BCUT2D eigenvalue weighted by atomic mass is 10.2. The zero-order chi connectivity index (χ0) is 14.7. The zero-order valence-corrected chi connectivity index (χ0v) is 12.9. The van der Waals surface area contributed by atoms with Crippen molar-refractivity contribution >= 4 is 11.6 Å². The second-order valence-corrected chi connectivity index (χ2v) is 5.95. The maximum atomic E-state index is 12.5. The van der Waals surface area contributed by atoms with Crippen molar-refractivity contribution in [1.82, 2.24) is 9.80 Å². The molecule has 0 unspecified atom stereocenters. The molecule has 1 saturated heterocycles. The highest BCUT2D eigenvalue weighted by atomic mass is 16.2. The average molecular weight is 287 g/mol. The first kappa shape index (κ1) is 14.5. The van der Waals surface area contributed by atoms with Crippen molar-refractivity contribution in [3.05, 3.63) is 29.8 Å². The van der Waals surface area contributed by atoms with Crippen molar-refractivity contribution < 1.29 is 4.79 Å². The number of fused-ring (bicyclic) bond motifs is 1. The molecule has 4 heteroatoms. The number of amides is 1. The number of carbonyl (C=O) groups is 1. The fraction of sp³-hybridized carbons (Fsp3) is 0.588. The Balaban J connectivity index is 1.50. The summed E-state index contributed by atoms with van der Waals surface area (Å²) in [5, 5.41) is 0. The van der Waals surface area contributed by atoms with E-state index in [1.165, 1.54) is 5.56 Å². The van der Waals surface area contributed by atoms with Crippen LogP contribution in [0.15, 0.2) is 24.3 Å².